The van der Waals surface area contributed by atoms with Crippen molar-refractivity contribution in [2.75, 3.05) is 34.2 Å². The molecule has 2 aliphatic rings. The van der Waals surface area contributed by atoms with Gasteiger partial charge in [0.1, 0.15) is 5.84 Å². The Balaban J connectivity index is 1.86. The average Bonchev–Trinajstić information content (AvgIpc) is 2.45. The molecule has 0 bridgehead atoms. The maximum Gasteiger partial charge on any atom is 0.242 e. The van der Waals surface area contributed by atoms with Crippen LogP contribution in [0.2, 0.25) is 0 Å². The van der Waals surface area contributed by atoms with Gasteiger partial charge in [-0.15, -0.1) is 11.8 Å². The van der Waals surface area contributed by atoms with Gasteiger partial charge in [-0.3, -0.25) is 14.8 Å². The molecule has 1 fully saturated rings. The molecule has 3 rings (SSSR count). The van der Waals surface area contributed by atoms with E-state index in [-0.39, 0.29) is 11.2 Å². The number of para-hydroxylation sites is 1. The van der Waals surface area contributed by atoms with Gasteiger partial charge >= 0.3 is 0 Å². The molecule has 2 aliphatic heterocycles. The van der Waals surface area contributed by atoms with E-state index in [1.54, 1.807) is 11.8 Å². The number of rotatable bonds is 3. The van der Waals surface area contributed by atoms with Crippen LogP contribution in [-0.4, -0.2) is 66.1 Å². The zero-order valence-electron chi connectivity index (χ0n) is 12.6. The molecule has 1 unspecified atom stereocenters. The molecule has 1 saturated heterocycles. The van der Waals surface area contributed by atoms with Crippen LogP contribution < -0.4 is 0 Å². The molecule has 0 spiro atoms. The second-order valence-corrected chi connectivity index (χ2v) is 6.84. The van der Waals surface area contributed by atoms with Crippen LogP contribution in [0.4, 0.5) is 5.69 Å². The number of thioether (sulfide) groups is 1. The standard InChI is InChI=1S/C15H20N4OS/c1-17(2)8-9-19-14(20)10-13-15(18(19)3)16-11-6-4-5-7-12(11)21-13/h4-7,13H,8-10H2,1-3H3. The fourth-order valence-electron chi connectivity index (χ4n) is 2.59. The number of amidine groups is 1. The van der Waals surface area contributed by atoms with Crippen LogP contribution in [0.5, 0.6) is 0 Å². The number of amides is 1. The molecule has 1 atom stereocenters. The van der Waals surface area contributed by atoms with Crippen molar-refractivity contribution in [2.45, 2.75) is 16.6 Å². The third-order valence-corrected chi connectivity index (χ3v) is 5.02. The highest BCUT2D eigenvalue weighted by atomic mass is 32.2. The van der Waals surface area contributed by atoms with Gasteiger partial charge in [-0.25, -0.2) is 4.99 Å². The van der Waals surface area contributed by atoms with Crippen molar-refractivity contribution in [1.82, 2.24) is 14.9 Å². The van der Waals surface area contributed by atoms with Gasteiger partial charge in [0, 0.05) is 24.9 Å². The second-order valence-electron chi connectivity index (χ2n) is 5.59. The van der Waals surface area contributed by atoms with E-state index in [1.165, 1.54) is 0 Å². The van der Waals surface area contributed by atoms with Crippen molar-refractivity contribution in [3.63, 3.8) is 0 Å². The molecule has 0 radical (unpaired) electrons. The molecule has 6 heteroatoms. The molecule has 2 heterocycles. The number of nitrogens with zero attached hydrogens (tertiary/aromatic N) is 4. The molecular formula is C15H20N4OS. The first-order valence-corrected chi connectivity index (χ1v) is 7.97. The molecule has 112 valence electrons. The molecule has 0 aliphatic carbocycles. The smallest absolute Gasteiger partial charge is 0.242 e. The highest BCUT2D eigenvalue weighted by molar-refractivity contribution is 8.01. The topological polar surface area (TPSA) is 39.1 Å². The van der Waals surface area contributed by atoms with Crippen molar-refractivity contribution in [3.8, 4) is 0 Å². The Hall–Kier alpha value is -1.53. The molecule has 1 aromatic carbocycles. The van der Waals surface area contributed by atoms with E-state index in [4.69, 9.17) is 4.99 Å². The lowest BCUT2D eigenvalue weighted by Crippen LogP contribution is -2.57. The fraction of sp³-hybridized carbons (Fsp3) is 0.467. The molecule has 0 aromatic heterocycles. The lowest BCUT2D eigenvalue weighted by atomic mass is 10.2. The van der Waals surface area contributed by atoms with Gasteiger partial charge in [0.05, 0.1) is 17.5 Å². The van der Waals surface area contributed by atoms with E-state index in [1.807, 2.05) is 49.4 Å². The first-order valence-electron chi connectivity index (χ1n) is 7.09. The van der Waals surface area contributed by atoms with Crippen LogP contribution in [0.25, 0.3) is 0 Å². The maximum atomic E-state index is 12.4. The van der Waals surface area contributed by atoms with Crippen LogP contribution >= 0.6 is 11.8 Å². The predicted octanol–water partition coefficient (Wildman–Crippen LogP) is 1.83. The Kier molecular flexibility index (Phi) is 3.91. The zero-order chi connectivity index (χ0) is 15.0. The maximum absolute atomic E-state index is 12.4. The minimum absolute atomic E-state index is 0.132. The highest BCUT2D eigenvalue weighted by Crippen LogP contribution is 2.41. The summed E-state index contributed by atoms with van der Waals surface area (Å²) in [6.45, 7) is 1.54. The van der Waals surface area contributed by atoms with Gasteiger partial charge in [-0.2, -0.15) is 0 Å². The summed E-state index contributed by atoms with van der Waals surface area (Å²) in [5.41, 5.74) is 1.00. The minimum Gasteiger partial charge on any atom is -0.308 e. The summed E-state index contributed by atoms with van der Waals surface area (Å²) < 4.78 is 0. The first-order chi connectivity index (χ1) is 10.1. The number of fused-ring (bicyclic) bond motifs is 2. The Labute approximate surface area is 129 Å². The normalized spacial score (nSPS) is 21.2. The monoisotopic (exact) mass is 304 g/mol. The number of likely N-dealkylation sites (N-methyl/N-ethyl adjacent to an activating group) is 1. The fourth-order valence-corrected chi connectivity index (χ4v) is 3.82. The molecule has 0 N–H and O–H groups in total. The van der Waals surface area contributed by atoms with E-state index in [2.05, 4.69) is 11.0 Å². The second kappa shape index (κ2) is 5.69. The predicted molar refractivity (Wildman–Crippen MR) is 85.8 cm³/mol. The third-order valence-electron chi connectivity index (χ3n) is 3.76. The summed E-state index contributed by atoms with van der Waals surface area (Å²) in [7, 11) is 5.97. The van der Waals surface area contributed by atoms with E-state index < -0.39 is 0 Å². The number of carbonyl (C=O) groups excluding carboxylic acids is 1. The van der Waals surface area contributed by atoms with Gasteiger partial charge in [0.15, 0.2) is 0 Å². The Bertz CT molecular complexity index is 587. The largest absolute Gasteiger partial charge is 0.308 e. The Morgan fingerprint density at radius 1 is 1.38 bits per heavy atom. The zero-order valence-corrected chi connectivity index (χ0v) is 13.4. The number of hydrazine groups is 1. The molecule has 5 nitrogen and oxygen atoms in total. The van der Waals surface area contributed by atoms with Crippen molar-refractivity contribution in [3.05, 3.63) is 24.3 Å². The van der Waals surface area contributed by atoms with Crippen LogP contribution in [0.1, 0.15) is 6.42 Å². The van der Waals surface area contributed by atoms with Crippen molar-refractivity contribution in [1.29, 1.82) is 0 Å². The minimum atomic E-state index is 0.132. The van der Waals surface area contributed by atoms with Gasteiger partial charge in [0.25, 0.3) is 0 Å². The van der Waals surface area contributed by atoms with E-state index in [0.717, 1.165) is 23.0 Å². The van der Waals surface area contributed by atoms with Gasteiger partial charge in [0.2, 0.25) is 5.91 Å². The summed E-state index contributed by atoms with van der Waals surface area (Å²) in [6.07, 6.45) is 0.523. The van der Waals surface area contributed by atoms with E-state index >= 15 is 0 Å². The highest BCUT2D eigenvalue weighted by Gasteiger charge is 2.37. The SMILES string of the molecule is CN(C)CCN1C(=O)CC2Sc3ccccc3N=C2N1C. The van der Waals surface area contributed by atoms with Crippen molar-refractivity contribution < 1.29 is 4.79 Å². The molecule has 1 amide bonds. The third kappa shape index (κ3) is 2.78. The van der Waals surface area contributed by atoms with Gasteiger partial charge in [-0.05, 0) is 26.2 Å². The number of aliphatic imine (C=N–C) groups is 1. The Morgan fingerprint density at radius 2 is 2.14 bits per heavy atom. The first kappa shape index (κ1) is 14.4. The number of hydrogen-bond acceptors (Lipinski definition) is 5. The summed E-state index contributed by atoms with van der Waals surface area (Å²) in [5, 5.41) is 3.88. The van der Waals surface area contributed by atoms with E-state index in [0.29, 0.717) is 13.0 Å². The average molecular weight is 304 g/mol. The number of benzene rings is 1. The molecule has 1 aromatic rings. The number of hydrogen-bond donors (Lipinski definition) is 0. The van der Waals surface area contributed by atoms with Crippen LogP contribution in [0.3, 0.4) is 0 Å². The quantitative estimate of drug-likeness (QED) is 0.854. The summed E-state index contributed by atoms with van der Waals surface area (Å²) in [5.74, 6) is 1.16. The lowest BCUT2D eigenvalue weighted by molar-refractivity contribution is -0.143. The summed E-state index contributed by atoms with van der Waals surface area (Å²) >= 11 is 1.74. The van der Waals surface area contributed by atoms with Crippen molar-refractivity contribution >= 4 is 29.2 Å². The summed E-state index contributed by atoms with van der Waals surface area (Å²) in [6, 6.07) is 8.12. The van der Waals surface area contributed by atoms with E-state index in [9.17, 15) is 4.79 Å². The lowest BCUT2D eigenvalue weighted by Gasteiger charge is -2.43. The van der Waals surface area contributed by atoms with Crippen LogP contribution in [-0.2, 0) is 4.79 Å². The summed E-state index contributed by atoms with van der Waals surface area (Å²) in [4.78, 5) is 20.4. The molecule has 0 saturated carbocycles. The van der Waals surface area contributed by atoms with Crippen molar-refractivity contribution in [2.24, 2.45) is 4.99 Å². The van der Waals surface area contributed by atoms with Crippen LogP contribution in [0.15, 0.2) is 34.2 Å². The molecular weight excluding hydrogens is 284 g/mol. The number of carbonyl (C=O) groups is 1. The Morgan fingerprint density at radius 3 is 2.90 bits per heavy atom. The van der Waals surface area contributed by atoms with Gasteiger partial charge in [-0.1, -0.05) is 12.1 Å². The molecule has 21 heavy (non-hydrogen) atoms. The van der Waals surface area contributed by atoms with Crippen LogP contribution in [0, 0.1) is 0 Å². The van der Waals surface area contributed by atoms with Gasteiger partial charge < -0.3 is 4.90 Å².